The summed E-state index contributed by atoms with van der Waals surface area (Å²) in [7, 11) is 0. The zero-order valence-corrected chi connectivity index (χ0v) is 33.7. The molecule has 56 heavy (non-hydrogen) atoms. The summed E-state index contributed by atoms with van der Waals surface area (Å²) >= 11 is 0. The number of ketones is 1. The SMILES string of the molecule is CC(=O)OCC1=CC2C(OC(C)=O)C(C)(OC(C)=O)CC2(OC(C)=O)C(=O)C(C)C=CC(C)(C)C(OC(=O)c2ccccc2)C(OC(C)=O)C1OC(=O)C(C)C. The molecule has 306 valence electrons. The predicted octanol–water partition coefficient (Wildman–Crippen LogP) is 4.58. The number of Topliss-reactive ketones (excluding diaryl/α,β-unsaturated/α-hetero) is 1. The molecule has 0 aliphatic heterocycles. The van der Waals surface area contributed by atoms with E-state index < -0.39 is 119 Å². The van der Waals surface area contributed by atoms with Gasteiger partial charge in [0.15, 0.2) is 41.4 Å². The number of carbonyl (C=O) groups excluding carboxylic acids is 8. The third kappa shape index (κ3) is 10.7. The minimum absolute atomic E-state index is 0.140. The Morgan fingerprint density at radius 1 is 0.750 bits per heavy atom. The molecular formula is C41H52O15. The quantitative estimate of drug-likeness (QED) is 0.181. The van der Waals surface area contributed by atoms with Crippen molar-refractivity contribution >= 4 is 47.6 Å². The van der Waals surface area contributed by atoms with Gasteiger partial charge >= 0.3 is 41.8 Å². The smallest absolute Gasteiger partial charge is 0.338 e. The highest BCUT2D eigenvalue weighted by molar-refractivity contribution is 5.94. The topological polar surface area (TPSA) is 201 Å². The number of rotatable bonds is 10. The van der Waals surface area contributed by atoms with Crippen molar-refractivity contribution in [1.29, 1.82) is 0 Å². The van der Waals surface area contributed by atoms with Crippen molar-refractivity contribution in [2.75, 3.05) is 6.61 Å². The Labute approximate surface area is 326 Å². The maximum atomic E-state index is 14.9. The molecule has 1 fully saturated rings. The van der Waals surface area contributed by atoms with Crippen LogP contribution >= 0.6 is 0 Å². The molecule has 0 radical (unpaired) electrons. The van der Waals surface area contributed by atoms with Gasteiger partial charge in [0.1, 0.15) is 6.61 Å². The summed E-state index contributed by atoms with van der Waals surface area (Å²) in [5, 5.41) is 0. The van der Waals surface area contributed by atoms with Gasteiger partial charge in [-0.1, -0.05) is 71.0 Å². The van der Waals surface area contributed by atoms with Crippen LogP contribution in [0.15, 0.2) is 54.1 Å². The van der Waals surface area contributed by atoms with Crippen LogP contribution in [0.1, 0.15) is 92.9 Å². The molecule has 0 saturated heterocycles. The lowest BCUT2D eigenvalue weighted by Gasteiger charge is -2.41. The second-order valence-corrected chi connectivity index (χ2v) is 15.3. The summed E-state index contributed by atoms with van der Waals surface area (Å²) in [6, 6.07) is 7.95. The zero-order chi connectivity index (χ0) is 42.3. The van der Waals surface area contributed by atoms with Gasteiger partial charge in [0.25, 0.3) is 0 Å². The van der Waals surface area contributed by atoms with Crippen molar-refractivity contribution in [3.63, 3.8) is 0 Å². The van der Waals surface area contributed by atoms with Crippen molar-refractivity contribution in [2.24, 2.45) is 23.2 Å². The minimum Gasteiger partial charge on any atom is -0.461 e. The average molecular weight is 785 g/mol. The summed E-state index contributed by atoms with van der Waals surface area (Å²) in [5.74, 6) is -9.99. The molecule has 0 amide bonds. The third-order valence-electron chi connectivity index (χ3n) is 9.51. The minimum atomic E-state index is -2.23. The first kappa shape index (κ1) is 45.1. The molecule has 8 unspecified atom stereocenters. The van der Waals surface area contributed by atoms with Gasteiger partial charge in [0.05, 0.1) is 17.4 Å². The Balaban J connectivity index is 2.60. The number of esters is 7. The van der Waals surface area contributed by atoms with E-state index in [1.807, 2.05) is 0 Å². The summed E-state index contributed by atoms with van der Waals surface area (Å²) in [5.41, 5.74) is -5.38. The Hall–Kier alpha value is -5.34. The molecule has 2 aliphatic carbocycles. The molecule has 1 aromatic rings. The molecule has 15 nitrogen and oxygen atoms in total. The first-order valence-electron chi connectivity index (χ1n) is 18.2. The molecule has 8 atom stereocenters. The van der Waals surface area contributed by atoms with Crippen molar-refractivity contribution in [2.45, 2.75) is 118 Å². The van der Waals surface area contributed by atoms with Crippen molar-refractivity contribution in [3.8, 4) is 0 Å². The first-order valence-corrected chi connectivity index (χ1v) is 18.2. The van der Waals surface area contributed by atoms with Crippen molar-refractivity contribution < 1.29 is 71.5 Å². The third-order valence-corrected chi connectivity index (χ3v) is 9.51. The van der Waals surface area contributed by atoms with E-state index in [0.29, 0.717) is 0 Å². The molecule has 0 N–H and O–H groups in total. The zero-order valence-electron chi connectivity index (χ0n) is 33.7. The monoisotopic (exact) mass is 784 g/mol. The molecule has 3 rings (SSSR count). The Morgan fingerprint density at radius 2 is 1.34 bits per heavy atom. The maximum Gasteiger partial charge on any atom is 0.338 e. The second kappa shape index (κ2) is 18.1. The number of fused-ring (bicyclic) bond motifs is 1. The van der Waals surface area contributed by atoms with Gasteiger partial charge in [0, 0.05) is 57.9 Å². The van der Waals surface area contributed by atoms with Gasteiger partial charge in [-0.15, -0.1) is 0 Å². The van der Waals surface area contributed by atoms with Gasteiger partial charge in [-0.05, 0) is 19.1 Å². The fourth-order valence-electron chi connectivity index (χ4n) is 7.14. The lowest BCUT2D eigenvalue weighted by atomic mass is 9.75. The van der Waals surface area contributed by atoms with Crippen LogP contribution in [0, 0.1) is 23.2 Å². The number of hydrogen-bond acceptors (Lipinski definition) is 15. The van der Waals surface area contributed by atoms with E-state index in [2.05, 4.69) is 0 Å². The van der Waals surface area contributed by atoms with E-state index in [4.69, 9.17) is 33.2 Å². The lowest BCUT2D eigenvalue weighted by Crippen LogP contribution is -2.54. The summed E-state index contributed by atoms with van der Waals surface area (Å²) in [4.78, 5) is 106. The largest absolute Gasteiger partial charge is 0.461 e. The van der Waals surface area contributed by atoms with Crippen LogP contribution in [-0.2, 0) is 66.7 Å². The van der Waals surface area contributed by atoms with Crippen LogP contribution in [0.25, 0.3) is 0 Å². The summed E-state index contributed by atoms with van der Waals surface area (Å²) < 4.78 is 41.1. The fourth-order valence-corrected chi connectivity index (χ4v) is 7.14. The van der Waals surface area contributed by atoms with Crippen molar-refractivity contribution in [1.82, 2.24) is 0 Å². The lowest BCUT2D eigenvalue weighted by molar-refractivity contribution is -0.181. The Bertz CT molecular complexity index is 1760. The molecule has 2 aliphatic rings. The van der Waals surface area contributed by atoms with Crippen LogP contribution in [0.2, 0.25) is 0 Å². The van der Waals surface area contributed by atoms with E-state index >= 15 is 0 Å². The number of carbonyl (C=O) groups is 8. The maximum absolute atomic E-state index is 14.9. The number of hydrogen-bond donors (Lipinski definition) is 0. The van der Waals surface area contributed by atoms with E-state index in [0.717, 1.165) is 34.6 Å². The standard InChI is InChI=1S/C41H52O15/c1-22(2)37(48)53-32-30(20-50-24(4)42)19-31-35(52-26(6)44)40(11,55-27(7)45)21-41(31,56-28(8)46)34(47)23(3)17-18-39(9,10)36(33(32)51-25(5)43)54-38(49)29-15-13-12-14-16-29/h12-19,22-23,31-33,35-36H,20-21H2,1-11H3. The molecular weight excluding hydrogens is 732 g/mol. The number of ether oxygens (including phenoxy) is 7. The second-order valence-electron chi connectivity index (χ2n) is 15.3. The molecule has 1 aromatic carbocycles. The van der Waals surface area contributed by atoms with E-state index in [-0.39, 0.29) is 11.1 Å². The highest BCUT2D eigenvalue weighted by Crippen LogP contribution is 2.52. The van der Waals surface area contributed by atoms with Gasteiger partial charge in [-0.25, -0.2) is 4.79 Å². The van der Waals surface area contributed by atoms with Gasteiger partial charge in [0.2, 0.25) is 0 Å². The molecule has 0 spiro atoms. The molecule has 0 bridgehead atoms. The van der Waals surface area contributed by atoms with Crippen LogP contribution in [0.3, 0.4) is 0 Å². The van der Waals surface area contributed by atoms with Crippen LogP contribution in [-0.4, -0.2) is 89.8 Å². The fraction of sp³-hybridized carbons (Fsp3) is 0.561. The Morgan fingerprint density at radius 3 is 1.86 bits per heavy atom. The van der Waals surface area contributed by atoms with Gasteiger partial charge in [-0.2, -0.15) is 0 Å². The number of allylic oxidation sites excluding steroid dienone is 1. The summed E-state index contributed by atoms with van der Waals surface area (Å²) in [6.07, 6.45) is -2.62. The molecule has 0 heterocycles. The number of benzene rings is 1. The van der Waals surface area contributed by atoms with Crippen LogP contribution < -0.4 is 0 Å². The normalized spacial score (nSPS) is 28.6. The summed E-state index contributed by atoms with van der Waals surface area (Å²) in [6.45, 7) is 14.1. The predicted molar refractivity (Wildman–Crippen MR) is 196 cm³/mol. The molecule has 15 heteroatoms. The average Bonchev–Trinajstić information content (AvgIpc) is 3.29. The Kier molecular flexibility index (Phi) is 14.5. The first-order chi connectivity index (χ1) is 25.9. The van der Waals surface area contributed by atoms with Crippen LogP contribution in [0.5, 0.6) is 0 Å². The molecule has 1 saturated carbocycles. The van der Waals surface area contributed by atoms with Crippen molar-refractivity contribution in [3.05, 3.63) is 59.7 Å². The van der Waals surface area contributed by atoms with E-state index in [1.54, 1.807) is 38.1 Å². The van der Waals surface area contributed by atoms with E-state index in [1.165, 1.54) is 52.0 Å². The highest BCUT2D eigenvalue weighted by atomic mass is 16.6. The highest BCUT2D eigenvalue weighted by Gasteiger charge is 2.68. The van der Waals surface area contributed by atoms with Gasteiger partial charge in [-0.3, -0.25) is 33.6 Å². The molecule has 0 aromatic heterocycles. The van der Waals surface area contributed by atoms with Gasteiger partial charge < -0.3 is 33.2 Å². The van der Waals surface area contributed by atoms with E-state index in [9.17, 15) is 38.4 Å². The van der Waals surface area contributed by atoms with Crippen LogP contribution in [0.4, 0.5) is 0 Å².